The number of hydrogen-bond acceptors (Lipinski definition) is 6. The number of nitrogens with zero attached hydrogens (tertiary/aromatic N) is 2. The molecule has 1 atom stereocenters. The average Bonchev–Trinajstić information content (AvgIpc) is 3.23. The van der Waals surface area contributed by atoms with Crippen molar-refractivity contribution in [1.29, 1.82) is 0 Å². The Bertz CT molecular complexity index is 1340. The number of phenolic OH excluding ortho intramolecular Hbond substituents is 1. The van der Waals surface area contributed by atoms with Crippen molar-refractivity contribution < 1.29 is 9.90 Å². The van der Waals surface area contributed by atoms with Crippen LogP contribution in [0.25, 0.3) is 27.7 Å². The number of aromatic hydroxyl groups is 1. The summed E-state index contributed by atoms with van der Waals surface area (Å²) in [6.45, 7) is 1.85. The van der Waals surface area contributed by atoms with Gasteiger partial charge in [0.1, 0.15) is 22.3 Å². The molecule has 154 valence electrons. The van der Waals surface area contributed by atoms with Gasteiger partial charge in [0.25, 0.3) is 0 Å². The van der Waals surface area contributed by atoms with Gasteiger partial charge in [0.15, 0.2) is 0 Å². The first-order valence-corrected chi connectivity index (χ1v) is 10.6. The lowest BCUT2D eigenvalue weighted by Gasteiger charge is -2.27. The van der Waals surface area contributed by atoms with Crippen LogP contribution in [0.1, 0.15) is 23.7 Å². The molecule has 0 fully saturated rings. The molecule has 0 radical (unpaired) electrons. The minimum atomic E-state index is -0.497. The zero-order valence-corrected chi connectivity index (χ0v) is 17.4. The van der Waals surface area contributed by atoms with E-state index in [2.05, 4.69) is 15.6 Å². The van der Waals surface area contributed by atoms with Gasteiger partial charge in [-0.1, -0.05) is 30.3 Å². The molecule has 8 heteroatoms. The van der Waals surface area contributed by atoms with E-state index in [1.807, 2.05) is 54.8 Å². The summed E-state index contributed by atoms with van der Waals surface area (Å²) in [7, 11) is 0. The molecular formula is C23H19N5O2S. The number of fused-ring (bicyclic) bond motifs is 1. The molecule has 7 nitrogen and oxygen atoms in total. The lowest BCUT2D eigenvalue weighted by molar-refractivity contribution is 0.240. The van der Waals surface area contributed by atoms with Crippen molar-refractivity contribution in [3.05, 3.63) is 76.4 Å². The second kappa shape index (κ2) is 7.41. The van der Waals surface area contributed by atoms with Crippen LogP contribution in [0.5, 0.6) is 5.75 Å². The third-order valence-electron chi connectivity index (χ3n) is 5.23. The number of allylic oxidation sites excluding steroid dienone is 1. The number of anilines is 1. The minimum absolute atomic E-state index is 0.0988. The van der Waals surface area contributed by atoms with E-state index in [4.69, 9.17) is 10.7 Å². The van der Waals surface area contributed by atoms with Gasteiger partial charge in [-0.15, -0.1) is 11.3 Å². The molecule has 5 rings (SSSR count). The Balaban J connectivity index is 1.59. The Kier molecular flexibility index (Phi) is 4.56. The first-order valence-electron chi connectivity index (χ1n) is 9.68. The normalized spacial score (nSPS) is 16.3. The van der Waals surface area contributed by atoms with E-state index in [9.17, 15) is 9.90 Å². The van der Waals surface area contributed by atoms with Crippen LogP contribution in [0.2, 0.25) is 0 Å². The average molecular weight is 430 g/mol. The molecule has 2 aromatic carbocycles. The topological polar surface area (TPSA) is 113 Å². The highest BCUT2D eigenvalue weighted by molar-refractivity contribution is 7.11. The van der Waals surface area contributed by atoms with E-state index < -0.39 is 6.04 Å². The third kappa shape index (κ3) is 3.47. The predicted octanol–water partition coefficient (Wildman–Crippen LogP) is 4.43. The van der Waals surface area contributed by atoms with Crippen molar-refractivity contribution in [2.24, 2.45) is 0 Å². The molecule has 1 aliphatic heterocycles. The predicted molar refractivity (Wildman–Crippen MR) is 122 cm³/mol. The molecule has 4 aromatic rings. The minimum Gasteiger partial charge on any atom is -0.506 e. The molecule has 0 spiro atoms. The van der Waals surface area contributed by atoms with Gasteiger partial charge in [-0.05, 0) is 31.2 Å². The maximum Gasteiger partial charge on any atom is 0.319 e. The fraction of sp³-hybridized carbons (Fsp3) is 0.0870. The van der Waals surface area contributed by atoms with Crippen molar-refractivity contribution in [2.45, 2.75) is 13.0 Å². The van der Waals surface area contributed by atoms with Gasteiger partial charge in [0.05, 0.1) is 11.4 Å². The van der Waals surface area contributed by atoms with E-state index in [1.165, 1.54) is 11.3 Å². The molecule has 0 saturated carbocycles. The number of nitrogen functional groups attached to an aromatic ring is 1. The number of rotatable bonds is 3. The van der Waals surface area contributed by atoms with Crippen molar-refractivity contribution in [2.75, 3.05) is 5.73 Å². The second-order valence-electron chi connectivity index (χ2n) is 7.32. The van der Waals surface area contributed by atoms with Crippen LogP contribution in [0, 0.1) is 0 Å². The summed E-state index contributed by atoms with van der Waals surface area (Å²) in [6, 6.07) is 15.8. The molecule has 0 saturated heterocycles. The summed E-state index contributed by atoms with van der Waals surface area (Å²) in [5, 5.41) is 19.6. The zero-order valence-electron chi connectivity index (χ0n) is 16.6. The van der Waals surface area contributed by atoms with Gasteiger partial charge in [-0.3, -0.25) is 0 Å². The lowest BCUT2D eigenvalue weighted by atomic mass is 9.99. The Morgan fingerprint density at radius 3 is 2.68 bits per heavy atom. The Morgan fingerprint density at radius 2 is 1.87 bits per heavy atom. The fourth-order valence-corrected chi connectivity index (χ4v) is 4.65. The summed E-state index contributed by atoms with van der Waals surface area (Å²) in [4.78, 5) is 21.7. The smallest absolute Gasteiger partial charge is 0.319 e. The van der Waals surface area contributed by atoms with Crippen LogP contribution in [-0.2, 0) is 0 Å². The standard InChI is InChI=1S/C23H19N5O2S/c1-12-19(22-27-17(11-31-22)13-5-8-15(24)9-6-13)21(28-23(30)25-12)16-10-7-14-3-2-4-18(29)20(14)26-16/h2-11,21,29H,24H2,1H3,(H2,25,28,30). The van der Waals surface area contributed by atoms with E-state index >= 15 is 0 Å². The van der Waals surface area contributed by atoms with Crippen LogP contribution >= 0.6 is 11.3 Å². The first-order chi connectivity index (χ1) is 15.0. The van der Waals surface area contributed by atoms with E-state index in [0.717, 1.165) is 27.2 Å². The number of carbonyl (C=O) groups excluding carboxylic acids is 1. The number of pyridine rings is 1. The van der Waals surface area contributed by atoms with Crippen LogP contribution in [0.15, 0.2) is 65.7 Å². The molecule has 1 unspecified atom stereocenters. The summed E-state index contributed by atoms with van der Waals surface area (Å²) >= 11 is 1.50. The Labute approximate surface area is 182 Å². The highest BCUT2D eigenvalue weighted by Gasteiger charge is 2.30. The van der Waals surface area contributed by atoms with Crippen molar-refractivity contribution >= 4 is 39.5 Å². The molecule has 2 amide bonds. The Hall–Kier alpha value is -3.91. The second-order valence-corrected chi connectivity index (χ2v) is 8.17. The largest absolute Gasteiger partial charge is 0.506 e. The lowest BCUT2D eigenvalue weighted by Crippen LogP contribution is -2.43. The number of para-hydroxylation sites is 1. The molecule has 2 aromatic heterocycles. The van der Waals surface area contributed by atoms with Gasteiger partial charge in [0, 0.05) is 33.3 Å². The number of amides is 2. The van der Waals surface area contributed by atoms with Crippen molar-refractivity contribution in [3.63, 3.8) is 0 Å². The molecule has 31 heavy (non-hydrogen) atoms. The molecule has 0 aliphatic carbocycles. The quantitative estimate of drug-likeness (QED) is 0.360. The number of benzene rings is 2. The van der Waals surface area contributed by atoms with Crippen LogP contribution in [0.4, 0.5) is 10.5 Å². The number of aromatic nitrogens is 2. The summed E-state index contributed by atoms with van der Waals surface area (Å²) in [6.07, 6.45) is 0. The number of hydrogen-bond donors (Lipinski definition) is 4. The molecular weight excluding hydrogens is 410 g/mol. The maximum atomic E-state index is 12.3. The third-order valence-corrected chi connectivity index (χ3v) is 6.10. The number of urea groups is 1. The van der Waals surface area contributed by atoms with Gasteiger partial charge in [-0.25, -0.2) is 14.8 Å². The van der Waals surface area contributed by atoms with Crippen LogP contribution < -0.4 is 16.4 Å². The number of thiazole rings is 1. The monoisotopic (exact) mass is 429 g/mol. The van der Waals surface area contributed by atoms with Gasteiger partial charge in [0.2, 0.25) is 0 Å². The van der Waals surface area contributed by atoms with Gasteiger partial charge < -0.3 is 21.5 Å². The summed E-state index contributed by atoms with van der Waals surface area (Å²) < 4.78 is 0. The van der Waals surface area contributed by atoms with E-state index in [-0.39, 0.29) is 11.8 Å². The first kappa shape index (κ1) is 19.1. The van der Waals surface area contributed by atoms with E-state index in [1.54, 1.807) is 12.1 Å². The molecule has 0 bridgehead atoms. The number of carbonyl (C=O) groups is 1. The van der Waals surface area contributed by atoms with Gasteiger partial charge in [-0.2, -0.15) is 0 Å². The highest BCUT2D eigenvalue weighted by atomic mass is 32.1. The van der Waals surface area contributed by atoms with Crippen LogP contribution in [-0.4, -0.2) is 21.1 Å². The number of nitrogens with one attached hydrogen (secondary N) is 2. The van der Waals surface area contributed by atoms with Gasteiger partial charge >= 0.3 is 6.03 Å². The Morgan fingerprint density at radius 1 is 1.06 bits per heavy atom. The molecule has 1 aliphatic rings. The summed E-state index contributed by atoms with van der Waals surface area (Å²) in [5.41, 5.74) is 11.0. The summed E-state index contributed by atoms with van der Waals surface area (Å²) in [5.74, 6) is 0.0988. The van der Waals surface area contributed by atoms with E-state index in [0.29, 0.717) is 22.6 Å². The van der Waals surface area contributed by atoms with Crippen molar-refractivity contribution in [3.8, 4) is 17.0 Å². The maximum absolute atomic E-state index is 12.3. The van der Waals surface area contributed by atoms with Crippen molar-refractivity contribution in [1.82, 2.24) is 20.6 Å². The highest BCUT2D eigenvalue weighted by Crippen LogP contribution is 2.37. The zero-order chi connectivity index (χ0) is 21.5. The van der Waals surface area contributed by atoms with Crippen LogP contribution in [0.3, 0.4) is 0 Å². The SMILES string of the molecule is CC1=C(c2nc(-c3ccc(N)cc3)cs2)C(c2ccc3cccc(O)c3n2)NC(=O)N1. The molecule has 5 N–H and O–H groups in total. The number of nitrogens with two attached hydrogens (primary N) is 1. The number of phenols is 1. The molecule has 3 heterocycles. The fourth-order valence-electron chi connectivity index (χ4n) is 3.69.